The molecule has 0 unspecified atom stereocenters. The van der Waals surface area contributed by atoms with Crippen LogP contribution in [0.4, 0.5) is 5.69 Å². The van der Waals surface area contributed by atoms with E-state index in [-0.39, 0.29) is 18.2 Å². The van der Waals surface area contributed by atoms with Crippen molar-refractivity contribution >= 4 is 29.0 Å². The lowest BCUT2D eigenvalue weighted by atomic mass is 9.81. The first-order valence-electron chi connectivity index (χ1n) is 12.6. The van der Waals surface area contributed by atoms with Crippen molar-refractivity contribution in [2.75, 3.05) is 31.2 Å². The van der Waals surface area contributed by atoms with Crippen LogP contribution in [0.1, 0.15) is 37.3 Å². The van der Waals surface area contributed by atoms with Gasteiger partial charge in [-0.2, -0.15) is 0 Å². The molecule has 0 saturated carbocycles. The van der Waals surface area contributed by atoms with Crippen molar-refractivity contribution in [1.82, 2.24) is 4.90 Å². The summed E-state index contributed by atoms with van der Waals surface area (Å²) in [6.45, 7) is 6.96. The number of carbonyl (C=O) groups excluding carboxylic acids is 3. The minimum Gasteiger partial charge on any atom is -0.507 e. The quantitative estimate of drug-likeness (QED) is 0.256. The zero-order chi connectivity index (χ0) is 26.2. The number of anilines is 1. The van der Waals surface area contributed by atoms with E-state index in [1.165, 1.54) is 4.90 Å². The predicted molar refractivity (Wildman–Crippen MR) is 138 cm³/mol. The number of Topliss-reactive ketones (excluding diaryl/α,β-unsaturated/α-hetero) is 1. The zero-order valence-electron chi connectivity index (χ0n) is 20.8. The lowest BCUT2D eigenvalue weighted by Crippen LogP contribution is -2.53. The van der Waals surface area contributed by atoms with Gasteiger partial charge < -0.3 is 24.4 Å². The Kier molecular flexibility index (Phi) is 6.60. The van der Waals surface area contributed by atoms with Crippen molar-refractivity contribution in [1.29, 1.82) is 0 Å². The fraction of sp³-hybridized carbons (Fsp3) is 0.345. The van der Waals surface area contributed by atoms with Gasteiger partial charge in [-0.15, -0.1) is 0 Å². The van der Waals surface area contributed by atoms with E-state index in [2.05, 4.69) is 6.58 Å². The van der Waals surface area contributed by atoms with Crippen LogP contribution in [-0.4, -0.2) is 60.0 Å². The summed E-state index contributed by atoms with van der Waals surface area (Å²) in [7, 11) is 0. The van der Waals surface area contributed by atoms with Gasteiger partial charge in [0.05, 0.1) is 17.4 Å². The molecule has 2 aromatic rings. The first kappa shape index (κ1) is 24.8. The highest BCUT2D eigenvalue weighted by Crippen LogP contribution is 2.53. The smallest absolute Gasteiger partial charge is 0.296 e. The Labute approximate surface area is 215 Å². The molecule has 2 fully saturated rings. The normalized spacial score (nSPS) is 24.2. The molecule has 1 N–H and O–H groups in total. The highest BCUT2D eigenvalue weighted by atomic mass is 16.5. The van der Waals surface area contributed by atoms with Crippen molar-refractivity contribution in [3.8, 4) is 5.75 Å². The van der Waals surface area contributed by atoms with Crippen molar-refractivity contribution in [2.24, 2.45) is 0 Å². The second kappa shape index (κ2) is 9.86. The molecule has 8 nitrogen and oxygen atoms in total. The standard InChI is InChI=1S/C29H30N2O6/c1-3-15-30-23-10-6-5-9-22(23)29(28(30)35)24(25(32)19-11-13-20(14-12-19)36-16-4-2)26(33)27(34)31(29)18-21-8-7-17-37-21/h4-6,9-14,21,32H,2-3,7-8,15-18H2,1H3/t21-,29+/m1/s1. The zero-order valence-corrected chi connectivity index (χ0v) is 20.8. The van der Waals surface area contributed by atoms with Crippen LogP contribution in [-0.2, 0) is 24.7 Å². The van der Waals surface area contributed by atoms with Crippen LogP contribution in [0.25, 0.3) is 5.76 Å². The summed E-state index contributed by atoms with van der Waals surface area (Å²) >= 11 is 0. The Hall–Kier alpha value is -3.91. The Balaban J connectivity index is 1.71. The summed E-state index contributed by atoms with van der Waals surface area (Å²) in [5.74, 6) is -1.96. The fourth-order valence-electron chi connectivity index (χ4n) is 5.56. The number of ketones is 1. The predicted octanol–water partition coefficient (Wildman–Crippen LogP) is 3.76. The van der Waals surface area contributed by atoms with Crippen LogP contribution in [0.2, 0.25) is 0 Å². The summed E-state index contributed by atoms with van der Waals surface area (Å²) in [6.07, 6.45) is 3.57. The Morgan fingerprint density at radius 2 is 1.95 bits per heavy atom. The van der Waals surface area contributed by atoms with Crippen molar-refractivity contribution in [3.05, 3.63) is 77.9 Å². The van der Waals surface area contributed by atoms with Crippen LogP contribution in [0, 0.1) is 0 Å². The van der Waals surface area contributed by atoms with Crippen molar-refractivity contribution in [3.63, 3.8) is 0 Å². The number of nitrogens with zero attached hydrogens (tertiary/aromatic N) is 2. The minimum atomic E-state index is -1.77. The molecule has 37 heavy (non-hydrogen) atoms. The van der Waals surface area contributed by atoms with E-state index in [0.29, 0.717) is 48.7 Å². The van der Waals surface area contributed by atoms with E-state index in [4.69, 9.17) is 9.47 Å². The molecule has 2 atom stereocenters. The Morgan fingerprint density at radius 3 is 2.62 bits per heavy atom. The summed E-state index contributed by atoms with van der Waals surface area (Å²) < 4.78 is 11.3. The first-order chi connectivity index (χ1) is 17.9. The van der Waals surface area contributed by atoms with Gasteiger partial charge in [-0.05, 0) is 49.6 Å². The number of aliphatic hydroxyl groups is 1. The lowest BCUT2D eigenvalue weighted by molar-refractivity contribution is -0.145. The van der Waals surface area contributed by atoms with E-state index < -0.39 is 28.9 Å². The number of carbonyl (C=O) groups is 3. The molecule has 0 bridgehead atoms. The van der Waals surface area contributed by atoms with E-state index >= 15 is 0 Å². The molecule has 3 aliphatic heterocycles. The third-order valence-corrected chi connectivity index (χ3v) is 7.16. The Bertz CT molecular complexity index is 1280. The maximum absolute atomic E-state index is 14.3. The third kappa shape index (κ3) is 3.83. The minimum absolute atomic E-state index is 0.0791. The largest absolute Gasteiger partial charge is 0.507 e. The number of hydrogen-bond donors (Lipinski definition) is 1. The molecule has 3 heterocycles. The fourth-order valence-corrected chi connectivity index (χ4v) is 5.56. The number of fused-ring (bicyclic) bond motifs is 2. The second-order valence-electron chi connectivity index (χ2n) is 9.41. The van der Waals surface area contributed by atoms with Crippen molar-refractivity contribution < 1.29 is 29.0 Å². The highest BCUT2D eigenvalue weighted by molar-refractivity contribution is 6.50. The molecule has 2 amide bonds. The summed E-state index contributed by atoms with van der Waals surface area (Å²) in [6, 6.07) is 13.7. The number of amides is 2. The molecule has 2 saturated heterocycles. The summed E-state index contributed by atoms with van der Waals surface area (Å²) in [5.41, 5.74) is -0.537. The van der Waals surface area contributed by atoms with Gasteiger partial charge in [0, 0.05) is 30.8 Å². The van der Waals surface area contributed by atoms with Gasteiger partial charge in [0.15, 0.2) is 5.54 Å². The van der Waals surface area contributed by atoms with E-state index in [1.807, 2.05) is 19.1 Å². The number of para-hydroxylation sites is 1. The molecule has 3 aliphatic rings. The first-order valence-corrected chi connectivity index (χ1v) is 12.6. The van der Waals surface area contributed by atoms with Gasteiger partial charge in [0.1, 0.15) is 18.1 Å². The molecule has 0 aromatic heterocycles. The molecule has 2 aromatic carbocycles. The van der Waals surface area contributed by atoms with Gasteiger partial charge in [-0.1, -0.05) is 37.8 Å². The molecular weight excluding hydrogens is 472 g/mol. The molecule has 0 aliphatic carbocycles. The number of ether oxygens (including phenoxy) is 2. The van der Waals surface area contributed by atoms with Crippen molar-refractivity contribution in [2.45, 2.75) is 37.8 Å². The maximum atomic E-state index is 14.3. The summed E-state index contributed by atoms with van der Waals surface area (Å²) in [5, 5.41) is 11.6. The number of likely N-dealkylation sites (tertiary alicyclic amines) is 1. The molecular formula is C29H30N2O6. The monoisotopic (exact) mass is 502 g/mol. The van der Waals surface area contributed by atoms with Crippen LogP contribution in [0.15, 0.2) is 66.8 Å². The maximum Gasteiger partial charge on any atom is 0.296 e. The van der Waals surface area contributed by atoms with E-state index in [0.717, 1.165) is 12.8 Å². The molecule has 0 radical (unpaired) electrons. The second-order valence-corrected chi connectivity index (χ2v) is 9.41. The third-order valence-electron chi connectivity index (χ3n) is 7.16. The molecule has 8 heteroatoms. The topological polar surface area (TPSA) is 96.4 Å². The average Bonchev–Trinajstić information content (AvgIpc) is 3.57. The average molecular weight is 503 g/mol. The van der Waals surface area contributed by atoms with Gasteiger partial charge in [-0.25, -0.2) is 0 Å². The van der Waals surface area contributed by atoms with Crippen LogP contribution in [0.3, 0.4) is 0 Å². The van der Waals surface area contributed by atoms with Crippen LogP contribution in [0.5, 0.6) is 5.75 Å². The molecule has 5 rings (SSSR count). The number of aliphatic hydroxyl groups excluding tert-OH is 1. The van der Waals surface area contributed by atoms with Gasteiger partial charge >= 0.3 is 0 Å². The lowest BCUT2D eigenvalue weighted by Gasteiger charge is -2.35. The number of rotatable bonds is 8. The molecule has 1 spiro atoms. The van der Waals surface area contributed by atoms with E-state index in [1.54, 1.807) is 47.4 Å². The van der Waals surface area contributed by atoms with Gasteiger partial charge in [-0.3, -0.25) is 14.4 Å². The number of hydrogen-bond acceptors (Lipinski definition) is 6. The van der Waals surface area contributed by atoms with Gasteiger partial charge in [0.25, 0.3) is 17.6 Å². The Morgan fingerprint density at radius 1 is 1.19 bits per heavy atom. The van der Waals surface area contributed by atoms with Gasteiger partial charge in [0.2, 0.25) is 0 Å². The van der Waals surface area contributed by atoms with Crippen LogP contribution >= 0.6 is 0 Å². The van der Waals surface area contributed by atoms with E-state index in [9.17, 15) is 19.5 Å². The van der Waals surface area contributed by atoms with Crippen LogP contribution < -0.4 is 9.64 Å². The highest BCUT2D eigenvalue weighted by Gasteiger charge is 2.67. The number of benzene rings is 2. The molecule has 192 valence electrons. The summed E-state index contributed by atoms with van der Waals surface area (Å²) in [4.78, 5) is 44.5. The SMILES string of the molecule is C=CCOc1ccc(C(O)=C2C(=O)C(=O)N(C[C@H]3CCCO3)[C@]23C(=O)N(CCC)c2ccccc23)cc1.